The lowest BCUT2D eigenvalue weighted by molar-refractivity contribution is -0.115. The van der Waals surface area contributed by atoms with E-state index in [0.29, 0.717) is 11.5 Å². The Balaban J connectivity index is 1.83. The monoisotopic (exact) mass is 369 g/mol. The predicted molar refractivity (Wildman–Crippen MR) is 102 cm³/mol. The van der Waals surface area contributed by atoms with Crippen LogP contribution in [0.15, 0.2) is 23.0 Å². The van der Waals surface area contributed by atoms with Gasteiger partial charge in [0.1, 0.15) is 11.6 Å². The number of H-pyrrole nitrogens is 1. The van der Waals surface area contributed by atoms with Gasteiger partial charge in [-0.1, -0.05) is 13.8 Å². The van der Waals surface area contributed by atoms with E-state index in [1.165, 1.54) is 10.6 Å². The minimum Gasteiger partial charge on any atom is -0.496 e. The molecule has 0 saturated heterocycles. The number of amides is 1. The molecule has 3 aromatic rings. The Morgan fingerprint density at radius 2 is 2.00 bits per heavy atom. The van der Waals surface area contributed by atoms with E-state index < -0.39 is 0 Å². The highest BCUT2D eigenvalue weighted by Crippen LogP contribution is 2.32. The zero-order chi connectivity index (χ0) is 19.7. The highest BCUT2D eigenvalue weighted by Gasteiger charge is 2.15. The fourth-order valence-electron chi connectivity index (χ4n) is 2.92. The molecule has 142 valence electrons. The zero-order valence-electron chi connectivity index (χ0n) is 16.1. The van der Waals surface area contributed by atoms with Crippen LogP contribution in [0.2, 0.25) is 0 Å². The largest absolute Gasteiger partial charge is 0.496 e. The van der Waals surface area contributed by atoms with Crippen molar-refractivity contribution in [2.45, 2.75) is 40.0 Å². The Labute approximate surface area is 156 Å². The zero-order valence-corrected chi connectivity index (χ0v) is 16.1. The molecular formula is C19H23N5O3. The molecule has 0 spiro atoms. The number of carbonyl (C=O) groups excluding carboxylic acids is 1. The molecule has 0 aliphatic carbocycles. The van der Waals surface area contributed by atoms with Crippen LogP contribution in [0.1, 0.15) is 42.4 Å². The van der Waals surface area contributed by atoms with Crippen LogP contribution in [0.5, 0.6) is 5.75 Å². The topological polar surface area (TPSA) is 101 Å². The number of benzene rings is 1. The van der Waals surface area contributed by atoms with Gasteiger partial charge in [-0.05, 0) is 43.0 Å². The summed E-state index contributed by atoms with van der Waals surface area (Å²) >= 11 is 0. The van der Waals surface area contributed by atoms with Gasteiger partial charge in [-0.15, -0.1) is 0 Å². The van der Waals surface area contributed by atoms with Crippen molar-refractivity contribution in [2.24, 2.45) is 0 Å². The highest BCUT2D eigenvalue weighted by atomic mass is 16.5. The molecule has 0 aliphatic rings. The van der Waals surface area contributed by atoms with Crippen molar-refractivity contribution in [1.82, 2.24) is 19.6 Å². The van der Waals surface area contributed by atoms with Crippen molar-refractivity contribution < 1.29 is 9.53 Å². The number of methoxy groups -OCH3 is 1. The number of aromatic nitrogens is 4. The standard InChI is InChI=1S/C19H23N5O3/c1-10(2)13-8-14(11(3)6-15(13)27-5)21-17(25)9-16-22-19-20-12(4)7-18(26)24(19)23-16/h6-8,10H,9H2,1-5H3,(H,21,25)(H,20,22,23). The van der Waals surface area contributed by atoms with Gasteiger partial charge in [-0.25, -0.2) is 4.98 Å². The maximum absolute atomic E-state index is 12.5. The summed E-state index contributed by atoms with van der Waals surface area (Å²) < 4.78 is 6.66. The van der Waals surface area contributed by atoms with Gasteiger partial charge < -0.3 is 10.1 Å². The van der Waals surface area contributed by atoms with E-state index in [9.17, 15) is 9.59 Å². The minimum absolute atomic E-state index is 0.00429. The van der Waals surface area contributed by atoms with Crippen LogP contribution in [0.25, 0.3) is 5.78 Å². The summed E-state index contributed by atoms with van der Waals surface area (Å²) in [5, 5.41) is 5.73. The number of rotatable bonds is 5. The Bertz CT molecular complexity index is 1070. The Hall–Kier alpha value is -3.16. The molecule has 27 heavy (non-hydrogen) atoms. The Kier molecular flexibility index (Phi) is 4.98. The molecule has 0 atom stereocenters. The molecule has 8 nitrogen and oxygen atoms in total. The van der Waals surface area contributed by atoms with E-state index in [0.717, 1.165) is 22.6 Å². The summed E-state index contributed by atoms with van der Waals surface area (Å²) in [6.07, 6.45) is 0.00429. The lowest BCUT2D eigenvalue weighted by Gasteiger charge is -2.16. The molecule has 0 fully saturated rings. The number of aromatic amines is 1. The summed E-state index contributed by atoms with van der Waals surface area (Å²) in [4.78, 5) is 32.8. The van der Waals surface area contributed by atoms with Gasteiger partial charge in [-0.2, -0.15) is 9.50 Å². The Morgan fingerprint density at radius 3 is 2.67 bits per heavy atom. The molecule has 0 aliphatic heterocycles. The molecule has 0 radical (unpaired) electrons. The number of nitrogens with zero attached hydrogens (tertiary/aromatic N) is 3. The molecule has 1 amide bonds. The smallest absolute Gasteiger partial charge is 0.274 e. The van der Waals surface area contributed by atoms with Gasteiger partial charge in [0, 0.05) is 17.4 Å². The number of nitrogens with one attached hydrogen (secondary N) is 2. The van der Waals surface area contributed by atoms with Crippen LogP contribution in [0, 0.1) is 13.8 Å². The maximum Gasteiger partial charge on any atom is 0.274 e. The van der Waals surface area contributed by atoms with Gasteiger partial charge >= 0.3 is 0 Å². The maximum atomic E-state index is 12.5. The van der Waals surface area contributed by atoms with E-state index in [-0.39, 0.29) is 29.6 Å². The van der Waals surface area contributed by atoms with Crippen LogP contribution in [0.3, 0.4) is 0 Å². The summed E-state index contributed by atoms with van der Waals surface area (Å²) in [6.45, 7) is 7.77. The summed E-state index contributed by atoms with van der Waals surface area (Å²) in [5.74, 6) is 1.46. The van der Waals surface area contributed by atoms with E-state index in [1.807, 2.05) is 19.1 Å². The van der Waals surface area contributed by atoms with E-state index >= 15 is 0 Å². The molecule has 8 heteroatoms. The molecule has 0 unspecified atom stereocenters. The summed E-state index contributed by atoms with van der Waals surface area (Å²) in [6, 6.07) is 5.26. The SMILES string of the molecule is COc1cc(C)c(NC(=O)Cc2nc3nc(C)cc(=O)n3[nH]2)cc1C(C)C. The molecule has 3 rings (SSSR count). The minimum atomic E-state index is -0.260. The first-order chi connectivity index (χ1) is 12.8. The van der Waals surface area contributed by atoms with Gasteiger partial charge in [0.25, 0.3) is 11.3 Å². The van der Waals surface area contributed by atoms with E-state index in [1.54, 1.807) is 14.0 Å². The first kappa shape index (κ1) is 18.6. The fraction of sp³-hybridized carbons (Fsp3) is 0.368. The number of ether oxygens (including phenoxy) is 1. The normalized spacial score (nSPS) is 11.2. The van der Waals surface area contributed by atoms with E-state index in [2.05, 4.69) is 34.2 Å². The first-order valence-electron chi connectivity index (χ1n) is 8.72. The van der Waals surface area contributed by atoms with E-state index in [4.69, 9.17) is 4.74 Å². The van der Waals surface area contributed by atoms with Crippen LogP contribution in [-0.4, -0.2) is 32.6 Å². The van der Waals surface area contributed by atoms with Gasteiger partial charge in [-0.3, -0.25) is 14.7 Å². The third-order valence-electron chi connectivity index (χ3n) is 4.31. The number of hydrogen-bond acceptors (Lipinski definition) is 5. The first-order valence-corrected chi connectivity index (χ1v) is 8.72. The van der Waals surface area contributed by atoms with Gasteiger partial charge in [0.2, 0.25) is 5.91 Å². The number of anilines is 1. The van der Waals surface area contributed by atoms with Crippen molar-refractivity contribution in [1.29, 1.82) is 0 Å². The molecule has 2 aromatic heterocycles. The average Bonchev–Trinajstić information content (AvgIpc) is 2.98. The second kappa shape index (κ2) is 7.22. The number of hydrogen-bond donors (Lipinski definition) is 2. The van der Waals surface area contributed by atoms with Crippen LogP contribution in [0.4, 0.5) is 5.69 Å². The van der Waals surface area contributed by atoms with Crippen LogP contribution >= 0.6 is 0 Å². The van der Waals surface area contributed by atoms with Crippen LogP contribution < -0.4 is 15.6 Å². The lowest BCUT2D eigenvalue weighted by Crippen LogP contribution is -2.17. The Morgan fingerprint density at radius 1 is 1.26 bits per heavy atom. The quantitative estimate of drug-likeness (QED) is 0.719. The molecule has 2 N–H and O–H groups in total. The lowest BCUT2D eigenvalue weighted by atomic mass is 9.99. The van der Waals surface area contributed by atoms with Crippen molar-refractivity contribution in [3.63, 3.8) is 0 Å². The third kappa shape index (κ3) is 3.84. The third-order valence-corrected chi connectivity index (χ3v) is 4.31. The van der Waals surface area contributed by atoms with Gasteiger partial charge in [0.15, 0.2) is 0 Å². The molecule has 2 heterocycles. The summed E-state index contributed by atoms with van der Waals surface area (Å²) in [5.41, 5.74) is 2.98. The van der Waals surface area contributed by atoms with Crippen molar-refractivity contribution in [3.8, 4) is 5.75 Å². The van der Waals surface area contributed by atoms with Crippen LogP contribution in [-0.2, 0) is 11.2 Å². The molecule has 0 saturated carbocycles. The average molecular weight is 369 g/mol. The predicted octanol–water partition coefficient (Wildman–Crippen LogP) is 2.35. The second-order valence-electron chi connectivity index (χ2n) is 6.83. The summed E-state index contributed by atoms with van der Waals surface area (Å²) in [7, 11) is 1.64. The molecular weight excluding hydrogens is 346 g/mol. The number of carbonyl (C=O) groups is 1. The van der Waals surface area contributed by atoms with Crippen molar-refractivity contribution in [3.05, 3.63) is 51.2 Å². The molecule has 0 bridgehead atoms. The second-order valence-corrected chi connectivity index (χ2v) is 6.83. The van der Waals surface area contributed by atoms with Crippen molar-refractivity contribution in [2.75, 3.05) is 12.4 Å². The van der Waals surface area contributed by atoms with Crippen molar-refractivity contribution >= 4 is 17.4 Å². The van der Waals surface area contributed by atoms with Gasteiger partial charge in [0.05, 0.1) is 13.5 Å². The number of aryl methyl sites for hydroxylation is 2. The fourth-order valence-corrected chi connectivity index (χ4v) is 2.92. The number of fused-ring (bicyclic) bond motifs is 1. The molecule has 1 aromatic carbocycles. The highest BCUT2D eigenvalue weighted by molar-refractivity contribution is 5.92.